The van der Waals surface area contributed by atoms with Crippen molar-refractivity contribution in [2.24, 2.45) is 0 Å². The molecule has 0 saturated heterocycles. The highest BCUT2D eigenvalue weighted by atomic mass is 15.0. The smallest absolute Gasteiger partial charge is 0.165 e. The van der Waals surface area contributed by atoms with Crippen LogP contribution in [0.3, 0.4) is 0 Å². The van der Waals surface area contributed by atoms with Crippen LogP contribution in [0.2, 0.25) is 0 Å². The summed E-state index contributed by atoms with van der Waals surface area (Å²) in [6, 6.07) is 32.4. The Morgan fingerprint density at radius 1 is 0.395 bits per heavy atom. The van der Waals surface area contributed by atoms with Crippen molar-refractivity contribution in [3.63, 3.8) is 0 Å². The zero-order chi connectivity index (χ0) is 25.3. The summed E-state index contributed by atoms with van der Waals surface area (Å²) in [6.45, 7) is 0. The molecule has 0 spiro atoms. The molecule has 6 heteroatoms. The molecule has 0 bridgehead atoms. The van der Waals surface area contributed by atoms with Crippen LogP contribution in [-0.2, 0) is 0 Å². The first-order valence-electron chi connectivity index (χ1n) is 12.3. The number of para-hydroxylation sites is 2. The number of hydrogen-bond donors (Lipinski definition) is 0. The van der Waals surface area contributed by atoms with Crippen LogP contribution in [0.4, 0.5) is 0 Å². The van der Waals surface area contributed by atoms with Gasteiger partial charge in [-0.15, -0.1) is 0 Å². The van der Waals surface area contributed by atoms with Crippen molar-refractivity contribution in [2.45, 2.75) is 0 Å². The number of nitrogens with zero attached hydrogens (tertiary/aromatic N) is 6. The lowest BCUT2D eigenvalue weighted by Gasteiger charge is -2.10. The maximum atomic E-state index is 4.88. The van der Waals surface area contributed by atoms with Crippen molar-refractivity contribution in [1.82, 2.24) is 29.9 Å². The Labute approximate surface area is 218 Å². The molecule has 0 amide bonds. The minimum Gasteiger partial charge on any atom is -0.265 e. The maximum absolute atomic E-state index is 4.88. The van der Waals surface area contributed by atoms with Crippen molar-refractivity contribution in [3.05, 3.63) is 122 Å². The average molecular weight is 489 g/mol. The van der Waals surface area contributed by atoms with E-state index in [0.717, 1.165) is 49.6 Å². The quantitative estimate of drug-likeness (QED) is 0.265. The second-order valence-electron chi connectivity index (χ2n) is 8.95. The minimum atomic E-state index is 0.564. The third-order valence-electron chi connectivity index (χ3n) is 6.49. The van der Waals surface area contributed by atoms with E-state index in [1.54, 1.807) is 12.4 Å². The molecule has 38 heavy (non-hydrogen) atoms. The summed E-state index contributed by atoms with van der Waals surface area (Å²) in [5.74, 6) is 1.72. The highest BCUT2D eigenvalue weighted by molar-refractivity contribution is 5.84. The molecule has 4 aromatic heterocycles. The molecular weight excluding hydrogens is 468 g/mol. The second kappa shape index (κ2) is 9.26. The van der Waals surface area contributed by atoms with Gasteiger partial charge in [0, 0.05) is 52.3 Å². The summed E-state index contributed by atoms with van der Waals surface area (Å²) in [4.78, 5) is 28.0. The van der Waals surface area contributed by atoms with Crippen molar-refractivity contribution in [3.8, 4) is 45.3 Å². The molecule has 0 aliphatic carbocycles. The van der Waals surface area contributed by atoms with Crippen molar-refractivity contribution >= 4 is 21.8 Å². The van der Waals surface area contributed by atoms with Crippen LogP contribution in [0.25, 0.3) is 67.1 Å². The average Bonchev–Trinajstić information content (AvgIpc) is 3.01. The van der Waals surface area contributed by atoms with Crippen LogP contribution in [0.5, 0.6) is 0 Å². The summed E-state index contributed by atoms with van der Waals surface area (Å²) in [7, 11) is 0. The fourth-order valence-electron chi connectivity index (χ4n) is 4.51. The zero-order valence-corrected chi connectivity index (χ0v) is 20.2. The monoisotopic (exact) mass is 488 g/mol. The maximum Gasteiger partial charge on any atom is 0.165 e. The van der Waals surface area contributed by atoms with E-state index >= 15 is 0 Å². The molecule has 6 nitrogen and oxygen atoms in total. The normalized spacial score (nSPS) is 11.2. The molecule has 3 aromatic carbocycles. The predicted molar refractivity (Wildman–Crippen MR) is 150 cm³/mol. The molecule has 7 aromatic rings. The Hall–Kier alpha value is -5.36. The highest BCUT2D eigenvalue weighted by Crippen LogP contribution is 2.28. The molecule has 0 fully saturated rings. The Morgan fingerprint density at radius 2 is 0.842 bits per heavy atom. The van der Waals surface area contributed by atoms with E-state index in [0.29, 0.717) is 17.5 Å². The van der Waals surface area contributed by atoms with E-state index in [9.17, 15) is 0 Å². The Kier molecular flexibility index (Phi) is 5.33. The fourth-order valence-corrected chi connectivity index (χ4v) is 4.51. The lowest BCUT2D eigenvalue weighted by Crippen LogP contribution is -2.01. The third kappa shape index (κ3) is 4.14. The number of fused-ring (bicyclic) bond motifs is 2. The van der Waals surface area contributed by atoms with Gasteiger partial charge in [-0.2, -0.15) is 0 Å². The molecule has 0 aliphatic rings. The van der Waals surface area contributed by atoms with E-state index < -0.39 is 0 Å². The zero-order valence-electron chi connectivity index (χ0n) is 20.2. The number of rotatable bonds is 4. The van der Waals surface area contributed by atoms with E-state index in [1.165, 1.54) is 0 Å². The molecule has 0 saturated carbocycles. The third-order valence-corrected chi connectivity index (χ3v) is 6.49. The van der Waals surface area contributed by atoms with Gasteiger partial charge in [-0.3, -0.25) is 15.0 Å². The van der Waals surface area contributed by atoms with E-state index in [-0.39, 0.29) is 0 Å². The van der Waals surface area contributed by atoms with Gasteiger partial charge in [-0.25, -0.2) is 15.0 Å². The van der Waals surface area contributed by atoms with E-state index in [2.05, 4.69) is 39.2 Å². The van der Waals surface area contributed by atoms with Gasteiger partial charge in [0.2, 0.25) is 0 Å². The Balaban J connectivity index is 1.38. The largest absolute Gasteiger partial charge is 0.265 e. The van der Waals surface area contributed by atoms with Crippen LogP contribution < -0.4 is 0 Å². The first-order chi connectivity index (χ1) is 18.8. The number of pyridine rings is 3. The van der Waals surface area contributed by atoms with Crippen LogP contribution in [-0.4, -0.2) is 29.9 Å². The number of hydrogen-bond acceptors (Lipinski definition) is 6. The van der Waals surface area contributed by atoms with E-state index in [4.69, 9.17) is 15.0 Å². The molecule has 0 aliphatic heterocycles. The van der Waals surface area contributed by atoms with Gasteiger partial charge in [-0.05, 0) is 47.5 Å². The van der Waals surface area contributed by atoms with Crippen LogP contribution in [0.1, 0.15) is 0 Å². The van der Waals surface area contributed by atoms with Crippen molar-refractivity contribution in [1.29, 1.82) is 0 Å². The fraction of sp³-hybridized carbons (Fsp3) is 0. The minimum absolute atomic E-state index is 0.564. The van der Waals surface area contributed by atoms with Crippen LogP contribution in [0, 0.1) is 0 Å². The van der Waals surface area contributed by atoms with Crippen molar-refractivity contribution in [2.75, 3.05) is 0 Å². The highest BCUT2D eigenvalue weighted by Gasteiger charge is 2.14. The van der Waals surface area contributed by atoms with Gasteiger partial charge in [0.25, 0.3) is 0 Å². The summed E-state index contributed by atoms with van der Waals surface area (Å²) in [5.41, 5.74) is 6.62. The summed E-state index contributed by atoms with van der Waals surface area (Å²) in [5, 5.41) is 2.06. The lowest BCUT2D eigenvalue weighted by molar-refractivity contribution is 1.07. The van der Waals surface area contributed by atoms with Gasteiger partial charge in [0.15, 0.2) is 17.5 Å². The van der Waals surface area contributed by atoms with Gasteiger partial charge in [-0.1, -0.05) is 60.7 Å². The van der Waals surface area contributed by atoms with Gasteiger partial charge < -0.3 is 0 Å². The molecule has 0 radical (unpaired) electrons. The first-order valence-corrected chi connectivity index (χ1v) is 12.3. The van der Waals surface area contributed by atoms with Crippen LogP contribution in [0.15, 0.2) is 122 Å². The molecule has 0 atom stereocenters. The molecule has 4 heterocycles. The standard InChI is InChI=1S/C32H20N6/c1-3-7-28-24(5-1)17-26(19-34-28)31-36-30(23-11-9-21(10-12-23)22-13-15-33-16-14-22)37-32(38-31)27-18-25-6-2-4-8-29(25)35-20-27/h1-20H. The second-order valence-corrected chi connectivity index (χ2v) is 8.95. The number of aromatic nitrogens is 6. The molecule has 178 valence electrons. The molecular formula is C32H20N6. The van der Waals surface area contributed by atoms with Crippen molar-refractivity contribution < 1.29 is 0 Å². The van der Waals surface area contributed by atoms with E-state index in [1.807, 2.05) is 85.2 Å². The Morgan fingerprint density at radius 3 is 1.39 bits per heavy atom. The lowest BCUT2D eigenvalue weighted by atomic mass is 10.0. The molecule has 0 unspecified atom stereocenters. The van der Waals surface area contributed by atoms with Gasteiger partial charge in [0.1, 0.15) is 0 Å². The van der Waals surface area contributed by atoms with Crippen LogP contribution >= 0.6 is 0 Å². The SMILES string of the molecule is c1ccc2ncc(-c3nc(-c4ccc(-c5ccncc5)cc4)nc(-c4cnc5ccccc5c4)n3)cc2c1. The summed E-state index contributed by atoms with van der Waals surface area (Å²) in [6.07, 6.45) is 7.22. The van der Waals surface area contributed by atoms with Gasteiger partial charge in [0.05, 0.1) is 11.0 Å². The predicted octanol–water partition coefficient (Wildman–Crippen LogP) is 7.03. The number of benzene rings is 3. The Bertz CT molecular complexity index is 1820. The van der Waals surface area contributed by atoms with Gasteiger partial charge >= 0.3 is 0 Å². The summed E-state index contributed by atoms with van der Waals surface area (Å²) >= 11 is 0. The summed E-state index contributed by atoms with van der Waals surface area (Å²) < 4.78 is 0. The molecule has 7 rings (SSSR count). The first kappa shape index (κ1) is 21.9. The topological polar surface area (TPSA) is 77.3 Å². The molecule has 0 N–H and O–H groups in total.